The van der Waals surface area contributed by atoms with Crippen molar-refractivity contribution in [2.45, 2.75) is 6.54 Å². The van der Waals surface area contributed by atoms with Crippen LogP contribution in [-0.4, -0.2) is 23.5 Å². The number of nitrogens with one attached hydrogen (secondary N) is 4. The molecule has 0 heterocycles. The summed E-state index contributed by atoms with van der Waals surface area (Å²) in [7, 11) is 0. The van der Waals surface area contributed by atoms with Gasteiger partial charge in [0.25, 0.3) is 11.8 Å². The van der Waals surface area contributed by atoms with Crippen molar-refractivity contribution in [2.75, 3.05) is 6.54 Å². The Kier molecular flexibility index (Phi) is 7.36. The SMILES string of the molecule is O=C(CNC(=O)c1ccc(Br)cc1)NNC(=S)NCc1ccccc1. The molecule has 0 radical (unpaired) electrons. The fraction of sp³-hybridized carbons (Fsp3) is 0.118. The maximum Gasteiger partial charge on any atom is 0.257 e. The molecular weight excluding hydrogens is 404 g/mol. The second kappa shape index (κ2) is 9.75. The minimum absolute atomic E-state index is 0.163. The minimum Gasteiger partial charge on any atom is -0.357 e. The molecule has 8 heteroatoms. The number of hydrazine groups is 1. The van der Waals surface area contributed by atoms with Crippen LogP contribution >= 0.6 is 28.1 Å². The van der Waals surface area contributed by atoms with Gasteiger partial charge in [0.1, 0.15) is 0 Å². The highest BCUT2D eigenvalue weighted by molar-refractivity contribution is 9.10. The quantitative estimate of drug-likeness (QED) is 0.438. The first-order chi connectivity index (χ1) is 12.0. The lowest BCUT2D eigenvalue weighted by molar-refractivity contribution is -0.120. The van der Waals surface area contributed by atoms with Crippen molar-refractivity contribution in [3.05, 3.63) is 70.2 Å². The Morgan fingerprint density at radius 1 is 0.920 bits per heavy atom. The molecular formula is C17H17BrN4O2S. The smallest absolute Gasteiger partial charge is 0.257 e. The first-order valence-electron chi connectivity index (χ1n) is 7.45. The Balaban J connectivity index is 1.65. The largest absolute Gasteiger partial charge is 0.357 e. The van der Waals surface area contributed by atoms with E-state index in [1.54, 1.807) is 24.3 Å². The van der Waals surface area contributed by atoms with E-state index in [2.05, 4.69) is 37.4 Å². The van der Waals surface area contributed by atoms with Gasteiger partial charge in [0, 0.05) is 16.6 Å². The topological polar surface area (TPSA) is 82.3 Å². The summed E-state index contributed by atoms with van der Waals surface area (Å²) in [5.41, 5.74) is 6.55. The van der Waals surface area contributed by atoms with Gasteiger partial charge in [-0.1, -0.05) is 46.3 Å². The molecule has 2 aromatic rings. The molecule has 0 bridgehead atoms. The number of rotatable bonds is 5. The summed E-state index contributed by atoms with van der Waals surface area (Å²) in [6.45, 7) is 0.381. The molecule has 2 aromatic carbocycles. The van der Waals surface area contributed by atoms with Crippen LogP contribution < -0.4 is 21.5 Å². The lowest BCUT2D eigenvalue weighted by atomic mass is 10.2. The molecule has 130 valence electrons. The number of halogens is 1. The third kappa shape index (κ3) is 6.90. The predicted octanol–water partition coefficient (Wildman–Crippen LogP) is 1.87. The summed E-state index contributed by atoms with van der Waals surface area (Å²) < 4.78 is 0.877. The molecule has 6 nitrogen and oxygen atoms in total. The summed E-state index contributed by atoms with van der Waals surface area (Å²) in [6, 6.07) is 16.6. The van der Waals surface area contributed by atoms with E-state index in [1.807, 2.05) is 30.3 Å². The van der Waals surface area contributed by atoms with E-state index in [9.17, 15) is 9.59 Å². The molecule has 0 unspecified atom stereocenters. The van der Waals surface area contributed by atoms with Crippen molar-refractivity contribution in [3.63, 3.8) is 0 Å². The Morgan fingerprint density at radius 2 is 1.60 bits per heavy atom. The van der Waals surface area contributed by atoms with Gasteiger partial charge in [0.15, 0.2) is 5.11 Å². The number of hydrogen-bond acceptors (Lipinski definition) is 3. The van der Waals surface area contributed by atoms with Crippen LogP contribution in [0.25, 0.3) is 0 Å². The van der Waals surface area contributed by atoms with Crippen molar-refractivity contribution in [1.29, 1.82) is 0 Å². The van der Waals surface area contributed by atoms with Crippen LogP contribution in [0.4, 0.5) is 0 Å². The molecule has 0 aliphatic rings. The summed E-state index contributed by atoms with van der Waals surface area (Å²) in [5.74, 6) is -0.734. The molecule has 2 rings (SSSR count). The monoisotopic (exact) mass is 420 g/mol. The van der Waals surface area contributed by atoms with Crippen LogP contribution in [0.5, 0.6) is 0 Å². The van der Waals surface area contributed by atoms with Gasteiger partial charge in [-0.2, -0.15) is 0 Å². The van der Waals surface area contributed by atoms with Crippen molar-refractivity contribution in [3.8, 4) is 0 Å². The average molecular weight is 421 g/mol. The Hall–Kier alpha value is -2.45. The summed E-state index contributed by atoms with van der Waals surface area (Å²) >= 11 is 8.36. The highest BCUT2D eigenvalue weighted by atomic mass is 79.9. The van der Waals surface area contributed by atoms with E-state index in [4.69, 9.17) is 12.2 Å². The van der Waals surface area contributed by atoms with Crippen LogP contribution in [-0.2, 0) is 11.3 Å². The van der Waals surface area contributed by atoms with Gasteiger partial charge in [-0.05, 0) is 42.0 Å². The van der Waals surface area contributed by atoms with Crippen molar-refractivity contribution < 1.29 is 9.59 Å². The molecule has 0 fully saturated rings. The van der Waals surface area contributed by atoms with Crippen molar-refractivity contribution >= 4 is 45.1 Å². The zero-order valence-corrected chi connectivity index (χ0v) is 15.6. The van der Waals surface area contributed by atoms with Crippen LogP contribution in [0.3, 0.4) is 0 Å². The van der Waals surface area contributed by atoms with Gasteiger partial charge in [-0.3, -0.25) is 20.4 Å². The number of thiocarbonyl (C=S) groups is 1. The highest BCUT2D eigenvalue weighted by Gasteiger charge is 2.08. The van der Waals surface area contributed by atoms with Gasteiger partial charge in [-0.15, -0.1) is 0 Å². The van der Waals surface area contributed by atoms with Crippen LogP contribution in [0.15, 0.2) is 59.1 Å². The lowest BCUT2D eigenvalue weighted by Crippen LogP contribution is -2.49. The maximum absolute atomic E-state index is 11.9. The first kappa shape index (κ1) is 18.9. The Bertz CT molecular complexity index is 738. The number of hydrogen-bond donors (Lipinski definition) is 4. The zero-order chi connectivity index (χ0) is 18.1. The van der Waals surface area contributed by atoms with Crippen LogP contribution in [0.2, 0.25) is 0 Å². The molecule has 0 aliphatic carbocycles. The molecule has 0 spiro atoms. The summed E-state index contributed by atoms with van der Waals surface area (Å²) in [5, 5.41) is 5.78. The molecule has 0 aromatic heterocycles. The third-order valence-corrected chi connectivity index (χ3v) is 3.90. The molecule has 0 atom stereocenters. The zero-order valence-electron chi connectivity index (χ0n) is 13.2. The van der Waals surface area contributed by atoms with Crippen molar-refractivity contribution in [1.82, 2.24) is 21.5 Å². The van der Waals surface area contributed by atoms with Gasteiger partial charge >= 0.3 is 0 Å². The maximum atomic E-state index is 11.9. The molecule has 25 heavy (non-hydrogen) atoms. The predicted molar refractivity (Wildman–Crippen MR) is 104 cm³/mol. The number of carbonyl (C=O) groups is 2. The van der Waals surface area contributed by atoms with Crippen LogP contribution in [0.1, 0.15) is 15.9 Å². The van der Waals surface area contributed by atoms with E-state index in [0.717, 1.165) is 10.0 Å². The second-order valence-corrected chi connectivity index (χ2v) is 6.35. The van der Waals surface area contributed by atoms with Gasteiger partial charge in [0.05, 0.1) is 6.54 Å². The Labute approximate surface area is 159 Å². The second-order valence-electron chi connectivity index (χ2n) is 5.03. The van der Waals surface area contributed by atoms with Crippen LogP contribution in [0, 0.1) is 0 Å². The van der Waals surface area contributed by atoms with E-state index in [0.29, 0.717) is 12.1 Å². The summed E-state index contributed by atoms with van der Waals surface area (Å²) in [4.78, 5) is 23.6. The average Bonchev–Trinajstić information content (AvgIpc) is 2.64. The number of carbonyl (C=O) groups excluding carboxylic acids is 2. The van der Waals surface area contributed by atoms with E-state index in [-0.39, 0.29) is 17.6 Å². The van der Waals surface area contributed by atoms with E-state index < -0.39 is 5.91 Å². The minimum atomic E-state index is -0.408. The fourth-order valence-corrected chi connectivity index (χ4v) is 2.24. The molecule has 0 aliphatic heterocycles. The van der Waals surface area contributed by atoms with Gasteiger partial charge in [0.2, 0.25) is 0 Å². The van der Waals surface area contributed by atoms with E-state index >= 15 is 0 Å². The fourth-order valence-electron chi connectivity index (χ4n) is 1.86. The first-order valence-corrected chi connectivity index (χ1v) is 8.65. The summed E-state index contributed by atoms with van der Waals surface area (Å²) in [6.07, 6.45) is 0. The molecule has 0 saturated heterocycles. The molecule has 2 amide bonds. The van der Waals surface area contributed by atoms with Crippen molar-refractivity contribution in [2.24, 2.45) is 0 Å². The van der Waals surface area contributed by atoms with Gasteiger partial charge < -0.3 is 10.6 Å². The number of benzene rings is 2. The Morgan fingerprint density at radius 3 is 2.28 bits per heavy atom. The lowest BCUT2D eigenvalue weighted by Gasteiger charge is -2.12. The number of amides is 2. The molecule has 0 saturated carbocycles. The highest BCUT2D eigenvalue weighted by Crippen LogP contribution is 2.10. The standard InChI is InChI=1S/C17H17BrN4O2S/c18-14-8-6-13(7-9-14)16(24)19-11-15(23)21-22-17(25)20-10-12-4-2-1-3-5-12/h1-9H,10-11H2,(H,19,24)(H,21,23)(H2,20,22,25). The third-order valence-electron chi connectivity index (χ3n) is 3.13. The molecule has 4 N–H and O–H groups in total. The van der Waals surface area contributed by atoms with E-state index in [1.165, 1.54) is 0 Å². The normalized spacial score (nSPS) is 9.80. The van der Waals surface area contributed by atoms with Gasteiger partial charge in [-0.25, -0.2) is 0 Å².